The monoisotopic (exact) mass is 1560 g/mol. The Balaban J connectivity index is 0.000000109. The van der Waals surface area contributed by atoms with Gasteiger partial charge in [-0.2, -0.15) is 0 Å². The molecule has 6 heterocycles. The number of fused-ring (bicyclic) bond motifs is 12. The van der Waals surface area contributed by atoms with Gasteiger partial charge in [0.2, 0.25) is 0 Å². The number of ether oxygens (including phenoxy) is 6. The van der Waals surface area contributed by atoms with Crippen LogP contribution in [-0.2, 0) is 0 Å². The fraction of sp³-hybridized carbons (Fsp3) is 0.0442. The molecule has 0 fully saturated rings. The van der Waals surface area contributed by atoms with E-state index in [0.717, 1.165) is 168 Å². The summed E-state index contributed by atoms with van der Waals surface area (Å²) in [6, 6.07) is 137. The van der Waals surface area contributed by atoms with E-state index in [4.69, 9.17) is 28.4 Å². The Morgan fingerprint density at radius 1 is 0.148 bits per heavy atom. The summed E-state index contributed by atoms with van der Waals surface area (Å²) in [7, 11) is 0. The van der Waals surface area contributed by atoms with Crippen LogP contribution in [0.5, 0.6) is 69.0 Å². The van der Waals surface area contributed by atoms with Crippen LogP contribution in [0, 0.1) is 34.6 Å². The fourth-order valence-corrected chi connectivity index (χ4v) is 19.3. The van der Waals surface area contributed by atoms with Crippen molar-refractivity contribution in [2.45, 2.75) is 34.6 Å². The smallest absolute Gasteiger partial charge is 0.260 e. The normalized spacial score (nSPS) is 12.5. The van der Waals surface area contributed by atoms with Crippen molar-refractivity contribution in [3.05, 3.63) is 416 Å². The molecule has 0 bridgehead atoms. The SMILES string of the molecule is Cc1ccccc1-c1ccc2c(c1)B1c3cccc(-c4ccccc4)c3Oc3ccc(-c4ccccc4C)c(c31)O2.Cc1ccccc1-c1ccc2c(c1)B1c3cccc(-c4ccccc4C)c3Oc3ccc(-c4ccccc4)c(c31)O2.Cc1ccccc1-c1ccc2c3c1Oc1ccc(-c4ccccc4)cc1B3c1cccc(-c3ccccc3)c1O2. The van der Waals surface area contributed by atoms with Crippen molar-refractivity contribution in [3.8, 4) is 169 Å². The molecule has 0 radical (unpaired) electrons. The molecule has 122 heavy (non-hydrogen) atoms. The summed E-state index contributed by atoms with van der Waals surface area (Å²) >= 11 is 0. The van der Waals surface area contributed by atoms with Crippen LogP contribution in [0.3, 0.4) is 0 Å². The Labute approximate surface area is 712 Å². The molecule has 6 nitrogen and oxygen atoms in total. The molecule has 24 rings (SSSR count). The van der Waals surface area contributed by atoms with Gasteiger partial charge in [-0.15, -0.1) is 0 Å². The lowest BCUT2D eigenvalue weighted by Gasteiger charge is -2.35. The van der Waals surface area contributed by atoms with Crippen molar-refractivity contribution < 1.29 is 28.4 Å². The summed E-state index contributed by atoms with van der Waals surface area (Å²) < 4.78 is 40.8. The molecule has 9 heteroatoms. The summed E-state index contributed by atoms with van der Waals surface area (Å²) in [6.07, 6.45) is 0. The minimum atomic E-state index is -0.0240. The van der Waals surface area contributed by atoms with Gasteiger partial charge in [-0.05, 0) is 217 Å². The maximum Gasteiger partial charge on any atom is 0.260 e. The maximum atomic E-state index is 6.84. The summed E-state index contributed by atoms with van der Waals surface area (Å²) in [6.45, 7) is 10.7. The molecule has 0 N–H and O–H groups in total. The Bertz CT molecular complexity index is 7170. The summed E-state index contributed by atoms with van der Waals surface area (Å²) in [5.74, 6) is 10.6. The highest BCUT2D eigenvalue weighted by atomic mass is 16.5. The first-order chi connectivity index (χ1) is 60.1. The van der Waals surface area contributed by atoms with Crippen molar-refractivity contribution in [2.75, 3.05) is 0 Å². The summed E-state index contributed by atoms with van der Waals surface area (Å²) in [5.41, 5.74) is 37.2. The van der Waals surface area contributed by atoms with Crippen LogP contribution >= 0.6 is 0 Å². The zero-order valence-electron chi connectivity index (χ0n) is 68.1. The first-order valence-corrected chi connectivity index (χ1v) is 42.0. The molecule has 0 spiro atoms. The van der Waals surface area contributed by atoms with Gasteiger partial charge in [0.25, 0.3) is 20.1 Å². The molecule has 0 aliphatic carbocycles. The third kappa shape index (κ3) is 12.6. The van der Waals surface area contributed by atoms with Crippen molar-refractivity contribution in [1.29, 1.82) is 0 Å². The highest BCUT2D eigenvalue weighted by Gasteiger charge is 2.46. The average Bonchev–Trinajstić information content (AvgIpc) is 0.721. The molecule has 18 aromatic carbocycles. The van der Waals surface area contributed by atoms with Gasteiger partial charge in [-0.3, -0.25) is 0 Å². The molecular formula is C113H79B3O6. The Hall–Kier alpha value is -15.0. The minimum Gasteiger partial charge on any atom is -0.458 e. The second-order valence-corrected chi connectivity index (χ2v) is 32.4. The van der Waals surface area contributed by atoms with E-state index in [9.17, 15) is 0 Å². The molecule has 18 aromatic rings. The average molecular weight is 1570 g/mol. The van der Waals surface area contributed by atoms with E-state index in [2.05, 4.69) is 411 Å². The summed E-state index contributed by atoms with van der Waals surface area (Å²) in [4.78, 5) is 0. The topological polar surface area (TPSA) is 55.4 Å². The second kappa shape index (κ2) is 30.4. The van der Waals surface area contributed by atoms with Gasteiger partial charge in [0.05, 0.1) is 0 Å². The van der Waals surface area contributed by atoms with Crippen LogP contribution in [0.25, 0.3) is 100 Å². The van der Waals surface area contributed by atoms with Crippen molar-refractivity contribution in [1.82, 2.24) is 0 Å². The molecule has 6 aliphatic heterocycles. The number of hydrogen-bond donors (Lipinski definition) is 0. The first kappa shape index (κ1) is 73.3. The Morgan fingerprint density at radius 2 is 0.385 bits per heavy atom. The second-order valence-electron chi connectivity index (χ2n) is 32.4. The largest absolute Gasteiger partial charge is 0.458 e. The standard InChI is InChI=1S/2C38H27BO2.C37H25BO2/c1-24-11-6-8-15-28(24)27-19-21-34-33(23-27)39-32-18-10-17-31(29-16-9-7-12-25(29)2)37(32)41-35-22-20-30(38(40-34)36(35)39)26-13-4-3-5-14-26;1-24-11-6-8-15-28(24)27-19-21-34-33(23-27)39-32-18-10-17-30(26-13-4-3-5-14-26)37(32)41-35-22-20-31(38(40-34)36(35)39)29-16-9-7-12-25(29)2;1-24-11-8-9-16-28(24)30-20-22-34-35-37(30)39-33-21-19-27(25-12-4-2-5-13-25)23-32(33)38(35)31-18-10-17-29(36(31)40-34)26-14-6-3-7-15-26/h2*3-23H,1-2H3;2-23H,1H3. The van der Waals surface area contributed by atoms with Crippen molar-refractivity contribution in [3.63, 3.8) is 0 Å². The molecule has 0 unspecified atom stereocenters. The highest BCUT2D eigenvalue weighted by molar-refractivity contribution is 7.00. The molecule has 0 aromatic heterocycles. The van der Waals surface area contributed by atoms with Gasteiger partial charge in [0.1, 0.15) is 69.0 Å². The number of benzene rings is 18. The minimum absolute atomic E-state index is 0.0196. The number of rotatable bonds is 9. The summed E-state index contributed by atoms with van der Waals surface area (Å²) in [5, 5.41) is 0. The molecule has 0 saturated carbocycles. The van der Waals surface area contributed by atoms with Crippen LogP contribution in [-0.4, -0.2) is 20.1 Å². The van der Waals surface area contributed by atoms with E-state index < -0.39 is 0 Å². The van der Waals surface area contributed by atoms with E-state index in [1.807, 2.05) is 12.1 Å². The van der Waals surface area contributed by atoms with E-state index in [1.165, 1.54) is 77.9 Å². The van der Waals surface area contributed by atoms with Crippen LogP contribution < -0.4 is 77.6 Å². The lowest BCUT2D eigenvalue weighted by atomic mass is 9.34. The lowest BCUT2D eigenvalue weighted by molar-refractivity contribution is 0.466. The van der Waals surface area contributed by atoms with Crippen LogP contribution in [0.15, 0.2) is 388 Å². The van der Waals surface area contributed by atoms with Gasteiger partial charge in [0.15, 0.2) is 0 Å². The molecule has 0 atom stereocenters. The van der Waals surface area contributed by atoms with Crippen molar-refractivity contribution in [2.24, 2.45) is 0 Å². The number of aryl methyl sites for hydroxylation is 5. The van der Waals surface area contributed by atoms with Gasteiger partial charge >= 0.3 is 0 Å². The Morgan fingerprint density at radius 3 is 0.738 bits per heavy atom. The predicted molar refractivity (Wildman–Crippen MR) is 505 cm³/mol. The third-order valence-corrected chi connectivity index (χ3v) is 25.2. The van der Waals surface area contributed by atoms with Gasteiger partial charge in [0, 0.05) is 49.8 Å². The molecule has 6 aliphatic rings. The molecular weight excluding hydrogens is 1490 g/mol. The lowest BCUT2D eigenvalue weighted by Crippen LogP contribution is -2.57. The Kier molecular flexibility index (Phi) is 18.3. The maximum absolute atomic E-state index is 6.84. The van der Waals surface area contributed by atoms with E-state index in [-0.39, 0.29) is 20.1 Å². The van der Waals surface area contributed by atoms with Gasteiger partial charge in [-0.25, -0.2) is 0 Å². The highest BCUT2D eigenvalue weighted by Crippen LogP contribution is 2.49. The third-order valence-electron chi connectivity index (χ3n) is 25.2. The van der Waals surface area contributed by atoms with Gasteiger partial charge < -0.3 is 28.4 Å². The molecule has 576 valence electrons. The van der Waals surface area contributed by atoms with Crippen LogP contribution in [0.1, 0.15) is 27.8 Å². The molecule has 0 saturated heterocycles. The van der Waals surface area contributed by atoms with Crippen molar-refractivity contribution >= 4 is 69.3 Å². The fourth-order valence-electron chi connectivity index (χ4n) is 19.3. The quantitative estimate of drug-likeness (QED) is 0.134. The number of hydrogen-bond acceptors (Lipinski definition) is 6. The zero-order chi connectivity index (χ0) is 81.6. The van der Waals surface area contributed by atoms with E-state index in [0.29, 0.717) is 0 Å². The van der Waals surface area contributed by atoms with Crippen LogP contribution in [0.4, 0.5) is 0 Å². The van der Waals surface area contributed by atoms with E-state index >= 15 is 0 Å². The molecule has 0 amide bonds. The van der Waals surface area contributed by atoms with Gasteiger partial charge in [-0.1, -0.05) is 334 Å². The number of para-hydroxylation sites is 3. The zero-order valence-corrected chi connectivity index (χ0v) is 68.1. The predicted octanol–water partition coefficient (Wildman–Crippen LogP) is 23.8. The van der Waals surface area contributed by atoms with Crippen LogP contribution in [0.2, 0.25) is 0 Å². The van der Waals surface area contributed by atoms with E-state index in [1.54, 1.807) is 0 Å². The first-order valence-electron chi connectivity index (χ1n) is 42.0.